The average molecular weight is 397 g/mol. The smallest absolute Gasteiger partial charge is 0.177 e. The van der Waals surface area contributed by atoms with E-state index in [0.29, 0.717) is 11.4 Å². The molecular formula is C16H16N2O4S3. The Morgan fingerprint density at radius 1 is 0.960 bits per heavy atom. The van der Waals surface area contributed by atoms with Crippen LogP contribution in [0.15, 0.2) is 46.2 Å². The average Bonchev–Trinajstić information content (AvgIpc) is 2.84. The predicted molar refractivity (Wildman–Crippen MR) is 100 cm³/mol. The summed E-state index contributed by atoms with van der Waals surface area (Å²) < 4.78 is 48.6. The van der Waals surface area contributed by atoms with Crippen LogP contribution in [0, 0.1) is 6.92 Å². The number of rotatable bonds is 4. The number of thiazole rings is 1. The monoisotopic (exact) mass is 396 g/mol. The van der Waals surface area contributed by atoms with Crippen LogP contribution >= 0.6 is 11.3 Å². The first-order chi connectivity index (χ1) is 11.5. The fraction of sp³-hybridized carbons (Fsp3) is 0.188. The molecule has 0 aliphatic carbocycles. The molecule has 3 rings (SSSR count). The van der Waals surface area contributed by atoms with Crippen LogP contribution in [-0.4, -0.2) is 34.3 Å². The summed E-state index contributed by atoms with van der Waals surface area (Å²) in [7, 11) is -7.11. The molecule has 3 aromatic rings. The third-order valence-electron chi connectivity index (χ3n) is 3.56. The highest BCUT2D eigenvalue weighted by atomic mass is 32.2. The number of hydrogen-bond donors (Lipinski definition) is 1. The van der Waals surface area contributed by atoms with Crippen molar-refractivity contribution in [3.63, 3.8) is 0 Å². The van der Waals surface area contributed by atoms with Crippen LogP contribution in [-0.2, 0) is 19.7 Å². The van der Waals surface area contributed by atoms with E-state index >= 15 is 0 Å². The largest absolute Gasteiger partial charge is 0.354 e. The number of aryl methyl sites for hydroxylation is 1. The second kappa shape index (κ2) is 6.08. The molecule has 1 N–H and O–H groups in total. The summed E-state index contributed by atoms with van der Waals surface area (Å²) in [5.41, 5.74) is 1.91. The molecular weight excluding hydrogens is 380 g/mol. The quantitative estimate of drug-likeness (QED) is 0.728. The summed E-state index contributed by atoms with van der Waals surface area (Å²) in [6.45, 7) is 1.92. The number of nitrogens with zero attached hydrogens (tertiary/aromatic N) is 1. The van der Waals surface area contributed by atoms with Gasteiger partial charge in [-0.3, -0.25) is 0 Å². The van der Waals surface area contributed by atoms with Crippen LogP contribution < -0.4 is 5.32 Å². The highest BCUT2D eigenvalue weighted by Crippen LogP contribution is 2.30. The first kappa shape index (κ1) is 17.8. The summed E-state index contributed by atoms with van der Waals surface area (Å²) in [6, 6.07) is 9.58. The lowest BCUT2D eigenvalue weighted by Gasteiger charge is -2.12. The summed E-state index contributed by atoms with van der Waals surface area (Å²) in [5, 5.41) is 4.01. The van der Waals surface area contributed by atoms with E-state index in [9.17, 15) is 16.8 Å². The summed E-state index contributed by atoms with van der Waals surface area (Å²) in [4.78, 5) is 4.29. The molecule has 0 bridgehead atoms. The van der Waals surface area contributed by atoms with Gasteiger partial charge in [0.25, 0.3) is 0 Å². The highest BCUT2D eigenvalue weighted by Gasteiger charge is 2.18. The first-order valence-electron chi connectivity index (χ1n) is 7.22. The molecule has 0 radical (unpaired) electrons. The zero-order valence-corrected chi connectivity index (χ0v) is 16.2. The number of aromatic nitrogens is 1. The molecule has 1 heterocycles. The molecule has 0 saturated carbocycles. The van der Waals surface area contributed by atoms with E-state index in [0.717, 1.165) is 27.7 Å². The van der Waals surface area contributed by atoms with E-state index in [-0.39, 0.29) is 9.79 Å². The number of sulfone groups is 2. The normalized spacial score (nSPS) is 12.4. The van der Waals surface area contributed by atoms with Crippen molar-refractivity contribution in [2.24, 2.45) is 0 Å². The Kier molecular flexibility index (Phi) is 4.34. The van der Waals surface area contributed by atoms with Gasteiger partial charge in [0.2, 0.25) is 0 Å². The number of fused-ring (bicyclic) bond motifs is 1. The molecule has 0 unspecified atom stereocenters. The molecule has 0 amide bonds. The van der Waals surface area contributed by atoms with Gasteiger partial charge in [0, 0.05) is 18.2 Å². The van der Waals surface area contributed by atoms with Gasteiger partial charge in [0.15, 0.2) is 19.7 Å². The number of benzene rings is 2. The van der Waals surface area contributed by atoms with Gasteiger partial charge in [0.05, 0.1) is 30.7 Å². The minimum absolute atomic E-state index is 0.0352. The molecule has 0 aliphatic heterocycles. The summed E-state index contributed by atoms with van der Waals surface area (Å²) in [6.07, 6.45) is 2.09. The predicted octanol–water partition coefficient (Wildman–Crippen LogP) is 3.16. The third-order valence-corrected chi connectivity index (χ3v) is 6.74. The Morgan fingerprint density at radius 3 is 2.32 bits per heavy atom. The van der Waals surface area contributed by atoms with Gasteiger partial charge in [-0.1, -0.05) is 0 Å². The van der Waals surface area contributed by atoms with E-state index in [1.807, 2.05) is 19.1 Å². The van der Waals surface area contributed by atoms with E-state index in [1.165, 1.54) is 18.2 Å². The second-order valence-electron chi connectivity index (χ2n) is 5.74. The van der Waals surface area contributed by atoms with Crippen molar-refractivity contribution in [2.75, 3.05) is 17.8 Å². The Morgan fingerprint density at radius 2 is 1.68 bits per heavy atom. The van der Waals surface area contributed by atoms with Gasteiger partial charge in [-0.15, -0.1) is 11.3 Å². The van der Waals surface area contributed by atoms with Crippen LogP contribution in [0.3, 0.4) is 0 Å². The lowest BCUT2D eigenvalue weighted by Crippen LogP contribution is -2.06. The molecule has 0 aliphatic rings. The maximum absolute atomic E-state index is 12.1. The Hall–Kier alpha value is -1.97. The summed E-state index contributed by atoms with van der Waals surface area (Å²) >= 11 is 1.54. The molecule has 0 fully saturated rings. The van der Waals surface area contributed by atoms with Crippen molar-refractivity contribution < 1.29 is 16.8 Å². The van der Waals surface area contributed by atoms with Crippen molar-refractivity contribution in [1.82, 2.24) is 4.98 Å². The lowest BCUT2D eigenvalue weighted by atomic mass is 10.2. The molecule has 1 aromatic heterocycles. The van der Waals surface area contributed by atoms with E-state index in [1.54, 1.807) is 17.4 Å². The summed E-state index contributed by atoms with van der Waals surface area (Å²) in [5.74, 6) is 0. The van der Waals surface area contributed by atoms with Gasteiger partial charge in [-0.2, -0.15) is 0 Å². The topological polar surface area (TPSA) is 93.2 Å². The molecule has 0 saturated heterocycles. The third kappa shape index (κ3) is 3.83. The van der Waals surface area contributed by atoms with Crippen molar-refractivity contribution in [3.8, 4) is 0 Å². The van der Waals surface area contributed by atoms with Gasteiger partial charge < -0.3 is 5.32 Å². The minimum Gasteiger partial charge on any atom is -0.354 e. The highest BCUT2D eigenvalue weighted by molar-refractivity contribution is 7.91. The minimum atomic E-state index is -3.61. The van der Waals surface area contributed by atoms with Crippen LogP contribution in [0.25, 0.3) is 10.2 Å². The SMILES string of the molecule is Cc1nc2ccc(Nc3ccc(S(C)(=O)=O)cc3S(C)(=O)=O)cc2s1. The molecule has 25 heavy (non-hydrogen) atoms. The zero-order valence-electron chi connectivity index (χ0n) is 13.8. The van der Waals surface area contributed by atoms with Crippen molar-refractivity contribution >= 4 is 52.6 Å². The molecule has 2 aromatic carbocycles. The molecule has 6 nitrogen and oxygen atoms in total. The van der Waals surface area contributed by atoms with Crippen LogP contribution in [0.2, 0.25) is 0 Å². The van der Waals surface area contributed by atoms with Gasteiger partial charge in [0.1, 0.15) is 0 Å². The fourth-order valence-corrected chi connectivity index (χ4v) is 4.86. The van der Waals surface area contributed by atoms with Gasteiger partial charge >= 0.3 is 0 Å². The number of hydrogen-bond acceptors (Lipinski definition) is 7. The molecule has 0 spiro atoms. The molecule has 132 valence electrons. The fourth-order valence-electron chi connectivity index (χ4n) is 2.42. The maximum atomic E-state index is 12.1. The Balaban J connectivity index is 2.09. The first-order valence-corrected chi connectivity index (χ1v) is 11.8. The zero-order chi connectivity index (χ0) is 18.4. The molecule has 0 atom stereocenters. The van der Waals surface area contributed by atoms with E-state index in [2.05, 4.69) is 10.3 Å². The molecule has 9 heteroatoms. The number of nitrogens with one attached hydrogen (secondary N) is 1. The standard InChI is InChI=1S/C16H16N2O4S3/c1-10-17-13-6-4-11(8-15(13)23-10)18-14-7-5-12(24(2,19)20)9-16(14)25(3,21)22/h4-9,18H,1-3H3. The van der Waals surface area contributed by atoms with Crippen LogP contribution in [0.4, 0.5) is 11.4 Å². The van der Waals surface area contributed by atoms with E-state index < -0.39 is 19.7 Å². The lowest BCUT2D eigenvalue weighted by molar-refractivity contribution is 0.600. The van der Waals surface area contributed by atoms with Gasteiger partial charge in [-0.25, -0.2) is 21.8 Å². The number of anilines is 2. The Labute approximate surface area is 150 Å². The van der Waals surface area contributed by atoms with Gasteiger partial charge in [-0.05, 0) is 43.3 Å². The van der Waals surface area contributed by atoms with Crippen molar-refractivity contribution in [3.05, 3.63) is 41.4 Å². The van der Waals surface area contributed by atoms with Crippen LogP contribution in [0.1, 0.15) is 5.01 Å². The van der Waals surface area contributed by atoms with Crippen molar-refractivity contribution in [2.45, 2.75) is 16.7 Å². The Bertz CT molecular complexity index is 1180. The van der Waals surface area contributed by atoms with Crippen molar-refractivity contribution in [1.29, 1.82) is 0 Å². The second-order valence-corrected chi connectivity index (χ2v) is 11.0. The maximum Gasteiger partial charge on any atom is 0.177 e. The van der Waals surface area contributed by atoms with E-state index in [4.69, 9.17) is 0 Å². The van der Waals surface area contributed by atoms with Crippen LogP contribution in [0.5, 0.6) is 0 Å².